The third kappa shape index (κ3) is 1.59. The molecule has 1 aliphatic rings. The molecule has 5 nitrogen and oxygen atoms in total. The standard InChI is InChI=1S/C12H13N3O2/c1-8-3-2-4-15-11(6-13-12(8)15)10-5-9(7-16)17-14-10/h2-4,6,9,16H,5,7H2,1H3. The summed E-state index contributed by atoms with van der Waals surface area (Å²) in [5.74, 6) is 0. The minimum absolute atomic E-state index is 0.0111. The van der Waals surface area contributed by atoms with E-state index in [2.05, 4.69) is 10.1 Å². The number of aliphatic hydroxyl groups is 1. The number of aliphatic hydroxyl groups excluding tert-OH is 1. The first-order chi connectivity index (χ1) is 8.29. The number of rotatable bonds is 2. The third-order valence-electron chi connectivity index (χ3n) is 2.96. The van der Waals surface area contributed by atoms with Crippen LogP contribution in [0.4, 0.5) is 0 Å². The summed E-state index contributed by atoms with van der Waals surface area (Å²) in [7, 11) is 0. The van der Waals surface area contributed by atoms with E-state index < -0.39 is 0 Å². The van der Waals surface area contributed by atoms with Crippen LogP contribution in [0.1, 0.15) is 17.7 Å². The van der Waals surface area contributed by atoms with Crippen molar-refractivity contribution in [3.8, 4) is 0 Å². The second-order valence-corrected chi connectivity index (χ2v) is 4.18. The second-order valence-electron chi connectivity index (χ2n) is 4.18. The van der Waals surface area contributed by atoms with Crippen molar-refractivity contribution in [1.82, 2.24) is 9.38 Å². The number of imidazole rings is 1. The Morgan fingerprint density at radius 3 is 3.24 bits per heavy atom. The van der Waals surface area contributed by atoms with Gasteiger partial charge in [-0.05, 0) is 18.6 Å². The van der Waals surface area contributed by atoms with Crippen LogP contribution in [-0.2, 0) is 4.84 Å². The number of aromatic nitrogens is 2. The van der Waals surface area contributed by atoms with E-state index in [-0.39, 0.29) is 12.7 Å². The Hall–Kier alpha value is -1.88. The zero-order valence-corrected chi connectivity index (χ0v) is 9.50. The lowest BCUT2D eigenvalue weighted by molar-refractivity contribution is 0.0390. The summed E-state index contributed by atoms with van der Waals surface area (Å²) in [6, 6.07) is 4.00. The summed E-state index contributed by atoms with van der Waals surface area (Å²) in [6.07, 6.45) is 4.16. The van der Waals surface area contributed by atoms with E-state index in [1.165, 1.54) is 0 Å². The quantitative estimate of drug-likeness (QED) is 0.842. The first-order valence-corrected chi connectivity index (χ1v) is 5.56. The monoisotopic (exact) mass is 231 g/mol. The van der Waals surface area contributed by atoms with Crippen LogP contribution in [0, 0.1) is 6.92 Å². The smallest absolute Gasteiger partial charge is 0.156 e. The molecule has 0 aromatic carbocycles. The Balaban J connectivity index is 2.05. The second kappa shape index (κ2) is 3.85. The lowest BCUT2D eigenvalue weighted by Gasteiger charge is -2.02. The van der Waals surface area contributed by atoms with E-state index in [1.807, 2.05) is 29.7 Å². The van der Waals surface area contributed by atoms with E-state index in [1.54, 1.807) is 6.20 Å². The van der Waals surface area contributed by atoms with Crippen LogP contribution in [0.2, 0.25) is 0 Å². The van der Waals surface area contributed by atoms with Crippen molar-refractivity contribution < 1.29 is 9.94 Å². The molecule has 0 fully saturated rings. The molecule has 2 aromatic heterocycles. The van der Waals surface area contributed by atoms with Crippen molar-refractivity contribution in [1.29, 1.82) is 0 Å². The number of aryl methyl sites for hydroxylation is 1. The fraction of sp³-hybridized carbons (Fsp3) is 0.333. The molecule has 2 aromatic rings. The molecule has 1 N–H and O–H groups in total. The molecular weight excluding hydrogens is 218 g/mol. The summed E-state index contributed by atoms with van der Waals surface area (Å²) in [4.78, 5) is 9.49. The maximum Gasteiger partial charge on any atom is 0.156 e. The molecule has 5 heteroatoms. The maximum atomic E-state index is 9.02. The van der Waals surface area contributed by atoms with Gasteiger partial charge in [-0.25, -0.2) is 4.98 Å². The number of hydrogen-bond acceptors (Lipinski definition) is 4. The largest absolute Gasteiger partial charge is 0.392 e. The van der Waals surface area contributed by atoms with Crippen molar-refractivity contribution in [2.24, 2.45) is 5.16 Å². The zero-order chi connectivity index (χ0) is 11.8. The van der Waals surface area contributed by atoms with Gasteiger partial charge in [0.25, 0.3) is 0 Å². The van der Waals surface area contributed by atoms with Crippen molar-refractivity contribution in [3.05, 3.63) is 35.8 Å². The molecule has 0 aliphatic carbocycles. The molecule has 0 saturated carbocycles. The zero-order valence-electron chi connectivity index (χ0n) is 9.50. The first kappa shape index (κ1) is 10.3. The Labute approximate surface area is 98.3 Å². The summed E-state index contributed by atoms with van der Waals surface area (Å²) >= 11 is 0. The summed E-state index contributed by atoms with van der Waals surface area (Å²) in [5, 5.41) is 13.0. The highest BCUT2D eigenvalue weighted by Gasteiger charge is 2.23. The van der Waals surface area contributed by atoms with E-state index in [0.29, 0.717) is 6.42 Å². The maximum absolute atomic E-state index is 9.02. The Morgan fingerprint density at radius 2 is 2.47 bits per heavy atom. The summed E-state index contributed by atoms with van der Waals surface area (Å²) in [5.41, 5.74) is 3.82. The van der Waals surface area contributed by atoms with Crippen LogP contribution < -0.4 is 0 Å². The van der Waals surface area contributed by atoms with Crippen molar-refractivity contribution in [2.45, 2.75) is 19.4 Å². The molecule has 0 amide bonds. The highest BCUT2D eigenvalue weighted by atomic mass is 16.6. The van der Waals surface area contributed by atoms with Crippen LogP contribution in [0.3, 0.4) is 0 Å². The predicted octanol–water partition coefficient (Wildman–Crippen LogP) is 1.13. The number of oxime groups is 1. The van der Waals surface area contributed by atoms with Gasteiger partial charge in [-0.3, -0.25) is 4.40 Å². The number of nitrogens with zero attached hydrogens (tertiary/aromatic N) is 3. The fourth-order valence-corrected chi connectivity index (χ4v) is 2.04. The third-order valence-corrected chi connectivity index (χ3v) is 2.96. The average molecular weight is 231 g/mol. The highest BCUT2D eigenvalue weighted by Crippen LogP contribution is 2.18. The molecule has 3 heterocycles. The van der Waals surface area contributed by atoms with Crippen LogP contribution in [0.25, 0.3) is 5.65 Å². The van der Waals surface area contributed by atoms with Crippen molar-refractivity contribution in [3.63, 3.8) is 0 Å². The lowest BCUT2D eigenvalue weighted by Crippen LogP contribution is -2.13. The predicted molar refractivity (Wildman–Crippen MR) is 63.0 cm³/mol. The van der Waals surface area contributed by atoms with Gasteiger partial charge in [-0.15, -0.1) is 0 Å². The fourth-order valence-electron chi connectivity index (χ4n) is 2.04. The number of pyridine rings is 1. The lowest BCUT2D eigenvalue weighted by atomic mass is 10.1. The van der Waals surface area contributed by atoms with Gasteiger partial charge in [-0.1, -0.05) is 11.2 Å². The van der Waals surface area contributed by atoms with Crippen LogP contribution in [0.5, 0.6) is 0 Å². The van der Waals surface area contributed by atoms with E-state index in [9.17, 15) is 0 Å². The molecule has 1 atom stereocenters. The topological polar surface area (TPSA) is 59.1 Å². The molecule has 0 bridgehead atoms. The summed E-state index contributed by atoms with van der Waals surface area (Å²) < 4.78 is 2.00. The Bertz CT molecular complexity index is 588. The molecule has 88 valence electrons. The van der Waals surface area contributed by atoms with Gasteiger partial charge < -0.3 is 9.94 Å². The molecule has 0 saturated heterocycles. The molecule has 3 rings (SSSR count). The van der Waals surface area contributed by atoms with Crippen LogP contribution in [0.15, 0.2) is 29.7 Å². The Kier molecular flexibility index (Phi) is 2.33. The molecule has 1 unspecified atom stereocenters. The SMILES string of the molecule is Cc1cccn2c(C3=NOC(CO)C3)cnc12. The number of hydrogen-bond donors (Lipinski definition) is 1. The molecule has 0 radical (unpaired) electrons. The average Bonchev–Trinajstić information content (AvgIpc) is 2.94. The van der Waals surface area contributed by atoms with E-state index in [0.717, 1.165) is 22.6 Å². The normalized spacial score (nSPS) is 19.4. The van der Waals surface area contributed by atoms with Crippen LogP contribution in [-0.4, -0.2) is 32.9 Å². The molecular formula is C12H13N3O2. The van der Waals surface area contributed by atoms with Gasteiger partial charge >= 0.3 is 0 Å². The minimum atomic E-state index is -0.222. The first-order valence-electron chi connectivity index (χ1n) is 5.56. The van der Waals surface area contributed by atoms with Crippen molar-refractivity contribution in [2.75, 3.05) is 6.61 Å². The van der Waals surface area contributed by atoms with Gasteiger partial charge in [-0.2, -0.15) is 0 Å². The van der Waals surface area contributed by atoms with Gasteiger partial charge in [0.1, 0.15) is 11.4 Å². The molecule has 1 aliphatic heterocycles. The van der Waals surface area contributed by atoms with E-state index in [4.69, 9.17) is 9.94 Å². The Morgan fingerprint density at radius 1 is 1.59 bits per heavy atom. The summed E-state index contributed by atoms with van der Waals surface area (Å²) in [6.45, 7) is 2.01. The number of fused-ring (bicyclic) bond motifs is 1. The highest BCUT2D eigenvalue weighted by molar-refractivity contribution is 6.00. The van der Waals surface area contributed by atoms with Gasteiger partial charge in [0.05, 0.1) is 18.5 Å². The minimum Gasteiger partial charge on any atom is -0.392 e. The van der Waals surface area contributed by atoms with Gasteiger partial charge in [0, 0.05) is 12.6 Å². The van der Waals surface area contributed by atoms with Gasteiger partial charge in [0.15, 0.2) is 6.10 Å². The van der Waals surface area contributed by atoms with Crippen molar-refractivity contribution >= 4 is 11.4 Å². The van der Waals surface area contributed by atoms with Crippen LogP contribution >= 0.6 is 0 Å². The molecule has 0 spiro atoms. The molecule has 17 heavy (non-hydrogen) atoms. The van der Waals surface area contributed by atoms with Gasteiger partial charge in [0.2, 0.25) is 0 Å². The van der Waals surface area contributed by atoms with E-state index >= 15 is 0 Å².